The first-order valence-electron chi connectivity index (χ1n) is 7.86. The van der Waals surface area contributed by atoms with Crippen LogP contribution in [0.2, 0.25) is 0 Å². The molecule has 6 unspecified atom stereocenters. The molecule has 0 bridgehead atoms. The summed E-state index contributed by atoms with van der Waals surface area (Å²) < 4.78 is 74.3. The minimum absolute atomic E-state index is 0. The zero-order chi connectivity index (χ0) is 24.5. The van der Waals surface area contributed by atoms with Gasteiger partial charge in [-0.25, -0.2) is 22.1 Å². The van der Waals surface area contributed by atoms with Gasteiger partial charge in [0.1, 0.15) is 6.10 Å². The first-order chi connectivity index (χ1) is 14.4. The number of aliphatic hydroxyl groups is 4. The van der Waals surface area contributed by atoms with Gasteiger partial charge in [-0.15, -0.1) is 0 Å². The van der Waals surface area contributed by atoms with Crippen LogP contribution in [0.5, 0.6) is 0 Å². The van der Waals surface area contributed by atoms with Gasteiger partial charge in [0.05, 0.1) is 18.8 Å². The molecule has 0 aromatic rings. The van der Waals surface area contributed by atoms with Crippen molar-refractivity contribution in [3.8, 4) is 0 Å². The SMILES string of the molecule is O=P([O-])(OP(=O)([O-])OP(=O)(O)O[C@@H]1O[CH-]C(O)[C@@H]1O)OP(=O)(O)OC[C@H]1O[CH-][C@@H](O)C1O.[V].[V]. The van der Waals surface area contributed by atoms with Crippen LogP contribution >= 0.6 is 31.3 Å². The predicted molar refractivity (Wildman–Crippen MR) is 87.5 cm³/mol. The van der Waals surface area contributed by atoms with Gasteiger partial charge in [0.15, 0.2) is 6.29 Å². The maximum absolute atomic E-state index is 11.7. The summed E-state index contributed by atoms with van der Waals surface area (Å²) in [6.45, 7) is 0.299. The minimum atomic E-state index is -6.36. The van der Waals surface area contributed by atoms with Gasteiger partial charge in [0.2, 0.25) is 0 Å². The number of phosphoric ester groups is 2. The monoisotopic (exact) mass is 654 g/mol. The molecule has 200 valence electrons. The van der Waals surface area contributed by atoms with E-state index >= 15 is 0 Å². The second-order valence-electron chi connectivity index (χ2n) is 5.89. The van der Waals surface area contributed by atoms with Gasteiger partial charge in [0, 0.05) is 37.1 Å². The Morgan fingerprint density at radius 1 is 0.765 bits per heavy atom. The summed E-state index contributed by atoms with van der Waals surface area (Å²) in [6.07, 6.45) is -10.2. The first kappa shape index (κ1) is 35.5. The molecule has 2 heterocycles. The smallest absolute Gasteiger partial charge is 0.481 e. The molecule has 10 atom stereocenters. The van der Waals surface area contributed by atoms with Gasteiger partial charge >= 0.3 is 15.6 Å². The van der Waals surface area contributed by atoms with Gasteiger partial charge in [-0.05, 0) is 12.2 Å². The van der Waals surface area contributed by atoms with Crippen molar-refractivity contribution in [1.82, 2.24) is 0 Å². The summed E-state index contributed by atoms with van der Waals surface area (Å²) in [4.78, 5) is 41.8. The molecule has 2 aliphatic heterocycles. The fraction of sp³-hybridized carbons (Fsp3) is 0.778. The quantitative estimate of drug-likeness (QED) is 0.0940. The number of hydrogen-bond donors (Lipinski definition) is 6. The number of phosphoric acid groups is 4. The fourth-order valence-corrected chi connectivity index (χ4v) is 6.91. The summed E-state index contributed by atoms with van der Waals surface area (Å²) in [6, 6.07) is 0. The molecule has 0 aromatic heterocycles. The van der Waals surface area contributed by atoms with Gasteiger partial charge in [0.25, 0.3) is 15.6 Å². The van der Waals surface area contributed by atoms with Crippen LogP contribution in [-0.2, 0) is 86.8 Å². The number of rotatable bonds is 11. The Morgan fingerprint density at radius 3 is 1.68 bits per heavy atom. The van der Waals surface area contributed by atoms with Gasteiger partial charge < -0.3 is 49.5 Å². The zero-order valence-corrected chi connectivity index (χ0v) is 22.4. The molecule has 2 rings (SSSR count). The molecule has 2 radical (unpaired) electrons. The Kier molecular flexibility index (Phi) is 14.1. The van der Waals surface area contributed by atoms with E-state index < -0.39 is 74.7 Å². The number of hydrogen-bond acceptors (Lipinski definition) is 17. The van der Waals surface area contributed by atoms with Crippen molar-refractivity contribution in [2.45, 2.75) is 36.8 Å². The van der Waals surface area contributed by atoms with Crippen molar-refractivity contribution in [2.24, 2.45) is 0 Å². The van der Waals surface area contributed by atoms with Gasteiger partial charge in [-0.2, -0.15) is 13.2 Å². The largest absolute Gasteiger partial charge is 0.756 e. The van der Waals surface area contributed by atoms with E-state index in [1.54, 1.807) is 0 Å². The molecule has 0 aromatic carbocycles. The maximum atomic E-state index is 11.7. The molecule has 2 fully saturated rings. The Balaban J connectivity index is 0.00000544. The predicted octanol–water partition coefficient (Wildman–Crippen LogP) is -3.28. The van der Waals surface area contributed by atoms with Crippen molar-refractivity contribution >= 4 is 31.3 Å². The molecule has 19 nitrogen and oxygen atoms in total. The number of aliphatic hydroxyl groups excluding tert-OH is 4. The second kappa shape index (κ2) is 13.5. The van der Waals surface area contributed by atoms with E-state index in [4.69, 9.17) is 5.11 Å². The molecule has 0 aliphatic carbocycles. The Bertz CT molecular complexity index is 858. The standard InChI is InChI=1S/C9H18O19P4.2V/c10-4-1-22-6(7(4)12)3-24-29(14,15)26-31(18,19)28-32(20,21)27-30(16,17)25-9-8(13)5(11)2-23-9;;/h1-2,4-13H,3H2,(H,14,15)(H,16,17)(H,18,19)(H,20,21);;/q-2;;/p-2/t4-,5?,6-,7?,8+,9+;;/m1../s1. The van der Waals surface area contributed by atoms with Crippen molar-refractivity contribution in [1.29, 1.82) is 0 Å². The Labute approximate surface area is 214 Å². The maximum Gasteiger partial charge on any atom is 0.481 e. The third-order valence-electron chi connectivity index (χ3n) is 3.35. The average Bonchev–Trinajstić information content (AvgIpc) is 3.06. The molecular formula is C9H16O19P4V2-4. The van der Waals surface area contributed by atoms with Crippen molar-refractivity contribution in [3.05, 3.63) is 13.2 Å². The summed E-state index contributed by atoms with van der Waals surface area (Å²) >= 11 is 0. The molecule has 25 heteroatoms. The Morgan fingerprint density at radius 2 is 1.24 bits per heavy atom. The molecule has 0 amide bonds. The molecule has 2 aliphatic rings. The van der Waals surface area contributed by atoms with E-state index in [1.165, 1.54) is 0 Å². The minimum Gasteiger partial charge on any atom is -0.756 e. The molecule has 34 heavy (non-hydrogen) atoms. The van der Waals surface area contributed by atoms with E-state index in [1.807, 2.05) is 0 Å². The molecular weight excluding hydrogens is 638 g/mol. The van der Waals surface area contributed by atoms with Crippen molar-refractivity contribution in [2.75, 3.05) is 6.61 Å². The molecule has 0 spiro atoms. The van der Waals surface area contributed by atoms with Gasteiger partial charge in [-0.3, -0.25) is 18.2 Å². The van der Waals surface area contributed by atoms with Crippen LogP contribution in [0.3, 0.4) is 0 Å². The topological polar surface area (TPSA) is 300 Å². The summed E-state index contributed by atoms with van der Waals surface area (Å²) in [5, 5.41) is 37.1. The molecule has 2 saturated heterocycles. The molecule has 0 saturated carbocycles. The van der Waals surface area contributed by atoms with Crippen LogP contribution < -0.4 is 9.79 Å². The van der Waals surface area contributed by atoms with Crippen LogP contribution in [0.25, 0.3) is 0 Å². The third kappa shape index (κ3) is 11.1. The molecule has 6 N–H and O–H groups in total. The van der Waals surface area contributed by atoms with E-state index in [0.717, 1.165) is 6.61 Å². The zero-order valence-electron chi connectivity index (χ0n) is 16.0. The van der Waals surface area contributed by atoms with Crippen molar-refractivity contribution in [3.63, 3.8) is 0 Å². The van der Waals surface area contributed by atoms with E-state index in [2.05, 4.69) is 31.5 Å². The summed E-state index contributed by atoms with van der Waals surface area (Å²) in [5.74, 6) is 0. The van der Waals surface area contributed by atoms with Gasteiger partial charge in [-0.1, -0.05) is 0 Å². The van der Waals surface area contributed by atoms with Crippen LogP contribution in [-0.4, -0.2) is 73.6 Å². The normalized spacial score (nSPS) is 36.2. The first-order valence-corrected chi connectivity index (χ1v) is 13.8. The van der Waals surface area contributed by atoms with Crippen LogP contribution in [0.15, 0.2) is 0 Å². The number of ether oxygens (including phenoxy) is 2. The van der Waals surface area contributed by atoms with E-state index in [-0.39, 0.29) is 37.1 Å². The summed E-state index contributed by atoms with van der Waals surface area (Å²) in [7, 11) is -24.1. The average molecular weight is 654 g/mol. The van der Waals surface area contributed by atoms with E-state index in [0.29, 0.717) is 6.61 Å². The van der Waals surface area contributed by atoms with E-state index in [9.17, 15) is 53.2 Å². The fourth-order valence-electron chi connectivity index (χ4n) is 2.01. The van der Waals surface area contributed by atoms with Crippen LogP contribution in [0.4, 0.5) is 0 Å². The van der Waals surface area contributed by atoms with Crippen molar-refractivity contribution < 1.29 is 127 Å². The summed E-state index contributed by atoms with van der Waals surface area (Å²) in [5.41, 5.74) is 0. The second-order valence-corrected chi connectivity index (χ2v) is 12.0. The van der Waals surface area contributed by atoms with Crippen LogP contribution in [0, 0.1) is 13.2 Å². The van der Waals surface area contributed by atoms with Crippen LogP contribution in [0.1, 0.15) is 0 Å². The Hall–Kier alpha value is 1.49. The third-order valence-corrected chi connectivity index (χ3v) is 9.15.